The molecule has 0 spiro atoms. The van der Waals surface area contributed by atoms with Crippen molar-refractivity contribution in [1.82, 2.24) is 4.90 Å². The summed E-state index contributed by atoms with van der Waals surface area (Å²) in [6.07, 6.45) is 1.99. The van der Waals surface area contributed by atoms with Crippen LogP contribution >= 0.6 is 15.9 Å². The minimum atomic E-state index is 0.258. The Bertz CT molecular complexity index is 410. The number of nitriles is 1. The van der Waals surface area contributed by atoms with Crippen LogP contribution in [0.5, 0.6) is 5.75 Å². The van der Waals surface area contributed by atoms with E-state index in [1.54, 1.807) is 0 Å². The summed E-state index contributed by atoms with van der Waals surface area (Å²) in [5.41, 5.74) is 0. The minimum Gasteiger partial charge on any atom is -0.492 e. The van der Waals surface area contributed by atoms with Gasteiger partial charge in [0.15, 0.2) is 0 Å². The molecule has 0 bridgehead atoms. The molecule has 2 rings (SSSR count). The first-order valence-corrected chi connectivity index (χ1v) is 7.07. The van der Waals surface area contributed by atoms with E-state index in [4.69, 9.17) is 10.00 Å². The molecular weight excluding hydrogens is 291 g/mol. The van der Waals surface area contributed by atoms with E-state index in [9.17, 15) is 0 Å². The molecule has 3 nitrogen and oxygen atoms in total. The van der Waals surface area contributed by atoms with E-state index < -0.39 is 0 Å². The molecule has 94 valence electrons. The van der Waals surface area contributed by atoms with Crippen molar-refractivity contribution in [3.05, 3.63) is 28.7 Å². The Morgan fingerprint density at radius 3 is 2.56 bits per heavy atom. The quantitative estimate of drug-likeness (QED) is 0.803. The predicted molar refractivity (Wildman–Crippen MR) is 77.1 cm³/mol. The Kier molecular flexibility index (Phi) is 5.09. The van der Waals surface area contributed by atoms with E-state index in [-0.39, 0.29) is 6.71 Å². The monoisotopic (exact) mass is 306 g/mol. The number of ether oxygens (including phenoxy) is 1. The fourth-order valence-electron chi connectivity index (χ4n) is 2.11. The van der Waals surface area contributed by atoms with Crippen LogP contribution in [0.1, 0.15) is 0 Å². The van der Waals surface area contributed by atoms with E-state index >= 15 is 0 Å². The normalized spacial score (nSPS) is 16.3. The van der Waals surface area contributed by atoms with Crippen molar-refractivity contribution >= 4 is 22.6 Å². The van der Waals surface area contributed by atoms with Crippen molar-refractivity contribution in [2.75, 3.05) is 26.2 Å². The Morgan fingerprint density at radius 2 is 1.94 bits per heavy atom. The topological polar surface area (TPSA) is 36.3 Å². The Morgan fingerprint density at radius 1 is 1.28 bits per heavy atom. The standard InChI is InChI=1S/C13H16BBrN2O/c15-12-1-3-13(4-2-12)18-10-9-17-7-5-14(11-16)6-8-17/h1-4H,5-10H2. The van der Waals surface area contributed by atoms with Crippen LogP contribution < -0.4 is 4.74 Å². The summed E-state index contributed by atoms with van der Waals surface area (Å²) in [7, 11) is 0. The smallest absolute Gasteiger partial charge is 0.270 e. The van der Waals surface area contributed by atoms with Gasteiger partial charge in [0, 0.05) is 17.0 Å². The highest BCUT2D eigenvalue weighted by atomic mass is 79.9. The second-order valence-corrected chi connectivity index (χ2v) is 5.46. The third kappa shape index (κ3) is 4.04. The third-order valence-corrected chi connectivity index (χ3v) is 3.79. The van der Waals surface area contributed by atoms with Crippen LogP contribution in [0.2, 0.25) is 12.6 Å². The van der Waals surface area contributed by atoms with Gasteiger partial charge in [-0.3, -0.25) is 0 Å². The van der Waals surface area contributed by atoms with Crippen molar-refractivity contribution < 1.29 is 4.74 Å². The fourth-order valence-corrected chi connectivity index (χ4v) is 2.37. The van der Waals surface area contributed by atoms with Crippen LogP contribution in [0.3, 0.4) is 0 Å². The molecule has 18 heavy (non-hydrogen) atoms. The van der Waals surface area contributed by atoms with Gasteiger partial charge in [-0.05, 0) is 50.0 Å². The van der Waals surface area contributed by atoms with Gasteiger partial charge < -0.3 is 9.64 Å². The van der Waals surface area contributed by atoms with Gasteiger partial charge in [0.25, 0.3) is 6.71 Å². The second kappa shape index (κ2) is 6.82. The van der Waals surface area contributed by atoms with E-state index in [0.29, 0.717) is 6.61 Å². The highest BCUT2D eigenvalue weighted by molar-refractivity contribution is 9.10. The van der Waals surface area contributed by atoms with Crippen molar-refractivity contribution in [1.29, 1.82) is 5.26 Å². The van der Waals surface area contributed by atoms with Gasteiger partial charge in [0.1, 0.15) is 12.4 Å². The number of benzene rings is 1. The first-order chi connectivity index (χ1) is 8.78. The molecule has 0 N–H and O–H groups in total. The van der Waals surface area contributed by atoms with E-state index in [1.165, 1.54) is 0 Å². The second-order valence-electron chi connectivity index (χ2n) is 4.55. The Hall–Kier alpha value is -0.985. The zero-order valence-corrected chi connectivity index (χ0v) is 11.9. The van der Waals surface area contributed by atoms with Crippen LogP contribution in [-0.4, -0.2) is 37.9 Å². The van der Waals surface area contributed by atoms with Gasteiger partial charge in [-0.25, -0.2) is 5.26 Å². The van der Waals surface area contributed by atoms with E-state index in [1.807, 2.05) is 24.3 Å². The lowest BCUT2D eigenvalue weighted by atomic mass is 9.45. The molecule has 0 amide bonds. The van der Waals surface area contributed by atoms with Gasteiger partial charge in [0.05, 0.1) is 0 Å². The van der Waals surface area contributed by atoms with Gasteiger partial charge in [-0.1, -0.05) is 15.9 Å². The fraction of sp³-hybridized carbons (Fsp3) is 0.462. The summed E-state index contributed by atoms with van der Waals surface area (Å²) in [5, 5.41) is 8.83. The molecule has 1 aromatic rings. The largest absolute Gasteiger partial charge is 0.492 e. The van der Waals surface area contributed by atoms with Crippen LogP contribution in [-0.2, 0) is 0 Å². The van der Waals surface area contributed by atoms with Gasteiger partial charge in [0.2, 0.25) is 0 Å². The molecule has 0 unspecified atom stereocenters. The maximum atomic E-state index is 8.83. The van der Waals surface area contributed by atoms with Crippen LogP contribution in [0.25, 0.3) is 0 Å². The summed E-state index contributed by atoms with van der Waals surface area (Å²) in [6.45, 7) is 3.94. The summed E-state index contributed by atoms with van der Waals surface area (Å²) >= 11 is 3.40. The lowest BCUT2D eigenvalue weighted by Crippen LogP contribution is -2.38. The average molecular weight is 307 g/mol. The summed E-state index contributed by atoms with van der Waals surface area (Å²) in [4.78, 5) is 2.37. The molecule has 0 atom stereocenters. The maximum Gasteiger partial charge on any atom is 0.270 e. The third-order valence-electron chi connectivity index (χ3n) is 3.26. The van der Waals surface area contributed by atoms with Crippen molar-refractivity contribution in [3.63, 3.8) is 0 Å². The number of hydrogen-bond acceptors (Lipinski definition) is 3. The summed E-state index contributed by atoms with van der Waals surface area (Å²) in [6, 6.07) is 7.89. The van der Waals surface area contributed by atoms with E-state index in [2.05, 4.69) is 26.8 Å². The molecule has 0 aromatic heterocycles. The number of halogens is 1. The SMILES string of the molecule is N#CB1CCN(CCOc2ccc(Br)cc2)CC1. The molecule has 1 aromatic carbocycles. The summed E-state index contributed by atoms with van der Waals surface area (Å²) < 4.78 is 6.75. The lowest BCUT2D eigenvalue weighted by molar-refractivity contribution is 0.217. The molecular formula is C13H16BBrN2O. The van der Waals surface area contributed by atoms with Crippen molar-refractivity contribution in [3.8, 4) is 11.7 Å². The maximum absolute atomic E-state index is 8.83. The summed E-state index contributed by atoms with van der Waals surface area (Å²) in [5.74, 6) is 3.26. The molecule has 5 heteroatoms. The molecule has 0 saturated carbocycles. The predicted octanol–water partition coefficient (Wildman–Crippen LogP) is 2.70. The first kappa shape index (κ1) is 13.4. The number of nitrogens with zero attached hydrogens (tertiary/aromatic N) is 2. The molecule has 1 heterocycles. The average Bonchev–Trinajstić information content (AvgIpc) is 2.42. The Balaban J connectivity index is 1.67. The molecule has 1 aliphatic rings. The van der Waals surface area contributed by atoms with Crippen LogP contribution in [0, 0.1) is 11.2 Å². The van der Waals surface area contributed by atoms with Gasteiger partial charge in [-0.2, -0.15) is 0 Å². The van der Waals surface area contributed by atoms with Gasteiger partial charge in [-0.15, -0.1) is 0 Å². The molecule has 1 fully saturated rings. The van der Waals surface area contributed by atoms with E-state index in [0.717, 1.165) is 42.5 Å². The first-order valence-electron chi connectivity index (χ1n) is 6.28. The Labute approximate surface area is 117 Å². The number of hydrogen-bond donors (Lipinski definition) is 0. The molecule has 0 aliphatic carbocycles. The highest BCUT2D eigenvalue weighted by Gasteiger charge is 2.21. The zero-order chi connectivity index (χ0) is 12.8. The molecule has 1 aliphatic heterocycles. The number of rotatable bonds is 4. The van der Waals surface area contributed by atoms with Gasteiger partial charge >= 0.3 is 0 Å². The zero-order valence-electron chi connectivity index (χ0n) is 10.3. The molecule has 0 radical (unpaired) electrons. The lowest BCUT2D eigenvalue weighted by Gasteiger charge is -2.27. The van der Waals surface area contributed by atoms with Crippen molar-refractivity contribution in [2.45, 2.75) is 12.6 Å². The molecule has 1 saturated heterocycles. The minimum absolute atomic E-state index is 0.258. The van der Waals surface area contributed by atoms with Crippen LogP contribution in [0.15, 0.2) is 28.7 Å². The highest BCUT2D eigenvalue weighted by Crippen LogP contribution is 2.16. The van der Waals surface area contributed by atoms with Crippen LogP contribution in [0.4, 0.5) is 0 Å². The van der Waals surface area contributed by atoms with Crippen molar-refractivity contribution in [2.24, 2.45) is 0 Å².